The largest absolute Gasteiger partial charge is 0.459 e. The molecule has 1 aromatic carbocycles. The molecule has 0 radical (unpaired) electrons. The lowest BCUT2D eigenvalue weighted by atomic mass is 10.1. The Morgan fingerprint density at radius 1 is 1.29 bits per heavy atom. The normalized spacial score (nSPS) is 17.6. The monoisotopic (exact) mass is 293 g/mol. The van der Waals surface area contributed by atoms with Crippen LogP contribution in [0.3, 0.4) is 0 Å². The number of benzene rings is 1. The Hall–Kier alpha value is -1.43. The Kier molecular flexibility index (Phi) is 4.53. The van der Waals surface area contributed by atoms with E-state index >= 15 is 0 Å². The van der Waals surface area contributed by atoms with Crippen molar-refractivity contribution in [3.05, 3.63) is 35.8 Å². The van der Waals surface area contributed by atoms with Crippen molar-refractivity contribution in [2.45, 2.75) is 32.1 Å². The van der Waals surface area contributed by atoms with E-state index in [2.05, 4.69) is 12.2 Å². The first-order chi connectivity index (χ1) is 10.3. The van der Waals surface area contributed by atoms with Gasteiger partial charge < -0.3 is 19.2 Å². The van der Waals surface area contributed by atoms with E-state index in [0.29, 0.717) is 25.2 Å². The number of hydrogen-bond donors (Lipinski definition) is 1. The first-order valence-electron chi connectivity index (χ1n) is 7.42. The predicted molar refractivity (Wildman–Crippen MR) is 77.5 cm³/mol. The Bertz CT molecular complexity index is 592. The standard InChI is InChI=1S/C16H20FNO3/c1-2-5-18-13(10-16-19-6-7-20-16)15-9-11-8-12(17)3-4-14(11)21-15/h3-4,8-9,13,16,18H,2,5-7,10H2,1H3. The molecule has 1 aromatic heterocycles. The smallest absolute Gasteiger partial charge is 0.159 e. The van der Waals surface area contributed by atoms with Crippen molar-refractivity contribution >= 4 is 11.0 Å². The van der Waals surface area contributed by atoms with Crippen molar-refractivity contribution in [3.63, 3.8) is 0 Å². The molecule has 5 heteroatoms. The van der Waals surface area contributed by atoms with Crippen molar-refractivity contribution < 1.29 is 18.3 Å². The van der Waals surface area contributed by atoms with E-state index < -0.39 is 0 Å². The van der Waals surface area contributed by atoms with Crippen LogP contribution in [0.2, 0.25) is 0 Å². The Labute approximate surface area is 123 Å². The van der Waals surface area contributed by atoms with Crippen LogP contribution in [0.5, 0.6) is 0 Å². The van der Waals surface area contributed by atoms with Crippen LogP contribution in [0.1, 0.15) is 31.6 Å². The first kappa shape index (κ1) is 14.5. The van der Waals surface area contributed by atoms with E-state index in [0.717, 1.165) is 24.1 Å². The second-order valence-electron chi connectivity index (χ2n) is 5.24. The molecule has 1 unspecified atom stereocenters. The van der Waals surface area contributed by atoms with Crippen LogP contribution < -0.4 is 5.32 Å². The highest BCUT2D eigenvalue weighted by Crippen LogP contribution is 2.28. The highest BCUT2D eigenvalue weighted by molar-refractivity contribution is 5.78. The molecule has 0 spiro atoms. The van der Waals surface area contributed by atoms with Crippen LogP contribution in [0.25, 0.3) is 11.0 Å². The van der Waals surface area contributed by atoms with Crippen LogP contribution in [0.4, 0.5) is 4.39 Å². The lowest BCUT2D eigenvalue weighted by Gasteiger charge is -2.19. The Morgan fingerprint density at radius 3 is 2.86 bits per heavy atom. The maximum absolute atomic E-state index is 13.3. The minimum atomic E-state index is -0.254. The fraction of sp³-hybridized carbons (Fsp3) is 0.500. The van der Waals surface area contributed by atoms with Gasteiger partial charge in [-0.05, 0) is 37.2 Å². The fourth-order valence-electron chi connectivity index (χ4n) is 2.56. The summed E-state index contributed by atoms with van der Waals surface area (Å²) in [5.41, 5.74) is 0.697. The van der Waals surface area contributed by atoms with E-state index in [1.54, 1.807) is 6.07 Å². The number of fused-ring (bicyclic) bond motifs is 1. The SMILES string of the molecule is CCCNC(CC1OCCO1)c1cc2cc(F)ccc2o1. The van der Waals surface area contributed by atoms with Gasteiger partial charge in [0.05, 0.1) is 19.3 Å². The summed E-state index contributed by atoms with van der Waals surface area (Å²) >= 11 is 0. The molecule has 1 fully saturated rings. The van der Waals surface area contributed by atoms with Gasteiger partial charge in [0.25, 0.3) is 0 Å². The molecule has 2 aromatic rings. The maximum atomic E-state index is 13.3. The third-order valence-electron chi connectivity index (χ3n) is 3.60. The minimum Gasteiger partial charge on any atom is -0.459 e. The highest BCUT2D eigenvalue weighted by atomic mass is 19.1. The zero-order valence-electron chi connectivity index (χ0n) is 12.1. The zero-order valence-corrected chi connectivity index (χ0v) is 12.1. The highest BCUT2D eigenvalue weighted by Gasteiger charge is 2.24. The summed E-state index contributed by atoms with van der Waals surface area (Å²) in [5, 5.41) is 4.22. The van der Waals surface area contributed by atoms with Crippen LogP contribution in [0.15, 0.2) is 28.7 Å². The predicted octanol–water partition coefficient (Wildman–Crippen LogP) is 3.38. The van der Waals surface area contributed by atoms with Crippen molar-refractivity contribution in [2.24, 2.45) is 0 Å². The molecule has 4 nitrogen and oxygen atoms in total. The van der Waals surface area contributed by atoms with E-state index in [-0.39, 0.29) is 18.1 Å². The van der Waals surface area contributed by atoms with Gasteiger partial charge in [0.15, 0.2) is 6.29 Å². The Balaban J connectivity index is 1.81. The number of nitrogens with one attached hydrogen (secondary N) is 1. The van der Waals surface area contributed by atoms with Gasteiger partial charge in [0.1, 0.15) is 17.2 Å². The molecule has 21 heavy (non-hydrogen) atoms. The third-order valence-corrected chi connectivity index (χ3v) is 3.60. The molecule has 1 atom stereocenters. The molecule has 1 saturated heterocycles. The molecular formula is C16H20FNO3. The van der Waals surface area contributed by atoms with Gasteiger partial charge in [-0.1, -0.05) is 6.92 Å². The molecule has 3 rings (SSSR count). The van der Waals surface area contributed by atoms with Gasteiger partial charge in [-0.15, -0.1) is 0 Å². The van der Waals surface area contributed by atoms with E-state index in [1.165, 1.54) is 12.1 Å². The summed E-state index contributed by atoms with van der Waals surface area (Å²) in [5.74, 6) is 0.540. The summed E-state index contributed by atoms with van der Waals surface area (Å²) in [4.78, 5) is 0. The first-order valence-corrected chi connectivity index (χ1v) is 7.42. The van der Waals surface area contributed by atoms with Crippen molar-refractivity contribution in [1.82, 2.24) is 5.32 Å². The lowest BCUT2D eigenvalue weighted by Crippen LogP contribution is -2.26. The molecule has 114 valence electrons. The van der Waals surface area contributed by atoms with Gasteiger partial charge in [-0.25, -0.2) is 4.39 Å². The van der Waals surface area contributed by atoms with Gasteiger partial charge >= 0.3 is 0 Å². The Morgan fingerprint density at radius 2 is 2.10 bits per heavy atom. The second-order valence-corrected chi connectivity index (χ2v) is 5.24. The number of halogens is 1. The van der Waals surface area contributed by atoms with Crippen LogP contribution in [-0.2, 0) is 9.47 Å². The minimum absolute atomic E-state index is 0.00325. The summed E-state index contributed by atoms with van der Waals surface area (Å²) < 4.78 is 30.2. The molecule has 2 heterocycles. The van der Waals surface area contributed by atoms with E-state index in [4.69, 9.17) is 13.9 Å². The maximum Gasteiger partial charge on any atom is 0.159 e. The van der Waals surface area contributed by atoms with Crippen molar-refractivity contribution in [1.29, 1.82) is 0 Å². The molecular weight excluding hydrogens is 273 g/mol. The van der Waals surface area contributed by atoms with E-state index in [1.807, 2.05) is 6.07 Å². The molecule has 0 bridgehead atoms. The van der Waals surface area contributed by atoms with Crippen LogP contribution >= 0.6 is 0 Å². The quantitative estimate of drug-likeness (QED) is 0.886. The second kappa shape index (κ2) is 6.56. The number of hydrogen-bond acceptors (Lipinski definition) is 4. The van der Waals surface area contributed by atoms with Crippen molar-refractivity contribution in [3.8, 4) is 0 Å². The molecule has 1 N–H and O–H groups in total. The topological polar surface area (TPSA) is 43.6 Å². The number of furan rings is 1. The summed E-state index contributed by atoms with van der Waals surface area (Å²) in [7, 11) is 0. The van der Waals surface area contributed by atoms with Gasteiger partial charge in [0, 0.05) is 11.8 Å². The summed E-state index contributed by atoms with van der Waals surface area (Å²) in [6.07, 6.45) is 1.50. The fourth-order valence-corrected chi connectivity index (χ4v) is 2.56. The van der Waals surface area contributed by atoms with Gasteiger partial charge in [0.2, 0.25) is 0 Å². The third kappa shape index (κ3) is 3.43. The van der Waals surface area contributed by atoms with Crippen LogP contribution in [0, 0.1) is 5.82 Å². The van der Waals surface area contributed by atoms with Gasteiger partial charge in [-0.3, -0.25) is 0 Å². The average Bonchev–Trinajstić information content (AvgIpc) is 3.11. The number of rotatable bonds is 6. The van der Waals surface area contributed by atoms with E-state index in [9.17, 15) is 4.39 Å². The van der Waals surface area contributed by atoms with Crippen molar-refractivity contribution in [2.75, 3.05) is 19.8 Å². The zero-order chi connectivity index (χ0) is 14.7. The summed E-state index contributed by atoms with van der Waals surface area (Å²) in [6, 6.07) is 6.45. The molecule has 1 aliphatic heterocycles. The molecule has 1 aliphatic rings. The van der Waals surface area contributed by atoms with Crippen LogP contribution in [-0.4, -0.2) is 26.0 Å². The average molecular weight is 293 g/mol. The van der Waals surface area contributed by atoms with Gasteiger partial charge in [-0.2, -0.15) is 0 Å². The lowest BCUT2D eigenvalue weighted by molar-refractivity contribution is -0.0541. The molecule has 0 amide bonds. The number of ether oxygens (including phenoxy) is 2. The summed E-state index contributed by atoms with van der Waals surface area (Å²) in [6.45, 7) is 4.26. The molecule has 0 saturated carbocycles. The molecule has 0 aliphatic carbocycles.